The number of anilines is 3. The number of fused-ring (bicyclic) bond motifs is 8. The highest BCUT2D eigenvalue weighted by atomic mass is 15.1. The van der Waals surface area contributed by atoms with Crippen LogP contribution in [-0.4, -0.2) is 4.57 Å². The zero-order valence-corrected chi connectivity index (χ0v) is 31.3. The van der Waals surface area contributed by atoms with Crippen LogP contribution in [-0.2, 0) is 11.8 Å². The van der Waals surface area contributed by atoms with Gasteiger partial charge in [0, 0.05) is 44.2 Å². The van der Waals surface area contributed by atoms with Crippen molar-refractivity contribution < 1.29 is 0 Å². The maximum absolute atomic E-state index is 2.51. The molecule has 1 heterocycles. The van der Waals surface area contributed by atoms with Crippen molar-refractivity contribution in [1.82, 2.24) is 4.57 Å². The molecule has 0 spiro atoms. The number of hydrogen-bond donors (Lipinski definition) is 0. The Balaban J connectivity index is 1.21. The van der Waals surface area contributed by atoms with Crippen LogP contribution in [0.3, 0.4) is 0 Å². The Hall–Kier alpha value is -6.38. The molecule has 54 heavy (non-hydrogen) atoms. The van der Waals surface area contributed by atoms with E-state index in [1.165, 1.54) is 88.5 Å². The summed E-state index contributed by atoms with van der Waals surface area (Å²) in [5.41, 5.74) is 17.4. The van der Waals surface area contributed by atoms with Crippen LogP contribution in [0.25, 0.3) is 60.5 Å². The van der Waals surface area contributed by atoms with Crippen molar-refractivity contribution in [3.05, 3.63) is 192 Å². The van der Waals surface area contributed by atoms with Gasteiger partial charge < -0.3 is 9.47 Å². The lowest BCUT2D eigenvalue weighted by atomic mass is 9.81. The lowest BCUT2D eigenvalue weighted by Crippen LogP contribution is -2.17. The molecular weight excluding hydrogens is 653 g/mol. The highest BCUT2D eigenvalue weighted by Gasteiger charge is 2.38. The molecule has 8 aromatic carbocycles. The molecule has 9 aromatic rings. The van der Waals surface area contributed by atoms with Crippen molar-refractivity contribution in [3.8, 4) is 27.9 Å². The fraction of sp³-hybridized carbons (Fsp3) is 0.115. The van der Waals surface area contributed by atoms with E-state index in [9.17, 15) is 0 Å². The first-order valence-corrected chi connectivity index (χ1v) is 19.2. The first-order chi connectivity index (χ1) is 26.4. The minimum absolute atomic E-state index is 0.245. The van der Waals surface area contributed by atoms with E-state index in [0.717, 1.165) is 17.8 Å². The minimum Gasteiger partial charge on any atom is -0.310 e. The van der Waals surface area contributed by atoms with Crippen molar-refractivity contribution in [2.24, 2.45) is 0 Å². The van der Waals surface area contributed by atoms with Crippen LogP contribution < -0.4 is 4.90 Å². The highest BCUT2D eigenvalue weighted by molar-refractivity contribution is 6.14. The van der Waals surface area contributed by atoms with Crippen molar-refractivity contribution in [1.29, 1.82) is 0 Å². The predicted molar refractivity (Wildman–Crippen MR) is 230 cm³/mol. The second-order valence-corrected chi connectivity index (χ2v) is 15.3. The molecule has 0 fully saturated rings. The summed E-state index contributed by atoms with van der Waals surface area (Å²) in [6, 6.07) is 63.1. The van der Waals surface area contributed by atoms with E-state index >= 15 is 0 Å². The minimum atomic E-state index is -0.245. The first kappa shape index (κ1) is 32.3. The summed E-state index contributed by atoms with van der Waals surface area (Å²) in [5, 5.41) is 5.10. The van der Waals surface area contributed by atoms with Crippen LogP contribution >= 0.6 is 0 Å². The van der Waals surface area contributed by atoms with E-state index in [0.29, 0.717) is 0 Å². The Morgan fingerprint density at radius 2 is 1.22 bits per heavy atom. The van der Waals surface area contributed by atoms with E-state index in [1.54, 1.807) is 0 Å². The van der Waals surface area contributed by atoms with Gasteiger partial charge in [0.25, 0.3) is 0 Å². The maximum atomic E-state index is 2.51. The lowest BCUT2D eigenvalue weighted by molar-refractivity contribution is 0.660. The van der Waals surface area contributed by atoms with Crippen molar-refractivity contribution in [2.45, 2.75) is 39.5 Å². The van der Waals surface area contributed by atoms with Gasteiger partial charge in [0.15, 0.2) is 0 Å². The summed E-state index contributed by atoms with van der Waals surface area (Å²) in [6.45, 7) is 9.23. The molecule has 0 unspecified atom stereocenters. The van der Waals surface area contributed by atoms with E-state index in [1.807, 2.05) is 0 Å². The molecule has 1 aromatic heterocycles. The smallest absolute Gasteiger partial charge is 0.0619 e. The average Bonchev–Trinajstić information content (AvgIpc) is 3.66. The van der Waals surface area contributed by atoms with Crippen molar-refractivity contribution >= 4 is 49.6 Å². The number of benzene rings is 8. The van der Waals surface area contributed by atoms with Gasteiger partial charge in [0.1, 0.15) is 0 Å². The van der Waals surface area contributed by atoms with E-state index in [2.05, 4.69) is 207 Å². The molecule has 2 heteroatoms. The highest BCUT2D eigenvalue weighted by Crippen LogP contribution is 2.55. The lowest BCUT2D eigenvalue weighted by Gasteiger charge is -2.30. The standard InChI is InChI=1S/C52H42N2/c1-5-35-24-26-38(27-25-35)53(37-17-10-7-11-18-37)49-33-47-50(42-20-13-12-19-41(42)49)44-29-28-39(32-46(44)52(47,3)4)54-48-30-23-34(2)31-45(48)43-22-14-21-40(51(43)54)36-15-8-6-9-16-36/h6-33H,5H2,1-4H3. The molecule has 0 aliphatic heterocycles. The van der Waals surface area contributed by atoms with Gasteiger partial charge in [-0.3, -0.25) is 0 Å². The van der Waals surface area contributed by atoms with Crippen LogP contribution in [0.1, 0.15) is 43.0 Å². The number of hydrogen-bond acceptors (Lipinski definition) is 1. The predicted octanol–water partition coefficient (Wildman–Crippen LogP) is 14.3. The fourth-order valence-electron chi connectivity index (χ4n) is 9.06. The monoisotopic (exact) mass is 694 g/mol. The Kier molecular flexibility index (Phi) is 7.39. The number of aryl methyl sites for hydroxylation is 2. The molecule has 1 aliphatic rings. The topological polar surface area (TPSA) is 8.17 Å². The average molecular weight is 695 g/mol. The zero-order chi connectivity index (χ0) is 36.6. The van der Waals surface area contributed by atoms with Crippen LogP contribution in [0.2, 0.25) is 0 Å². The van der Waals surface area contributed by atoms with E-state index in [4.69, 9.17) is 0 Å². The molecule has 0 radical (unpaired) electrons. The number of nitrogens with zero attached hydrogens (tertiary/aromatic N) is 2. The summed E-state index contributed by atoms with van der Waals surface area (Å²) in [6.07, 6.45) is 1.02. The van der Waals surface area contributed by atoms with Crippen LogP contribution in [0.15, 0.2) is 170 Å². The van der Waals surface area contributed by atoms with Gasteiger partial charge in [-0.1, -0.05) is 142 Å². The quantitative estimate of drug-likeness (QED) is 0.168. The first-order valence-electron chi connectivity index (χ1n) is 19.2. The van der Waals surface area contributed by atoms with Gasteiger partial charge >= 0.3 is 0 Å². The Labute approximate surface area is 317 Å². The maximum Gasteiger partial charge on any atom is 0.0619 e. The van der Waals surface area contributed by atoms with Crippen LogP contribution in [0, 0.1) is 6.92 Å². The van der Waals surface area contributed by atoms with Crippen molar-refractivity contribution in [2.75, 3.05) is 4.90 Å². The SMILES string of the molecule is CCc1ccc(N(c2ccccc2)c2cc3c(c4ccccc24)-c2ccc(-n4c5ccc(C)cc5c5cccc(-c6ccccc6)c54)cc2C3(C)C)cc1. The Morgan fingerprint density at radius 3 is 1.98 bits per heavy atom. The molecule has 0 bridgehead atoms. The second kappa shape index (κ2) is 12.4. The summed E-state index contributed by atoms with van der Waals surface area (Å²) >= 11 is 0. The third-order valence-electron chi connectivity index (χ3n) is 11.8. The number of para-hydroxylation sites is 2. The molecular formula is C52H42N2. The van der Waals surface area contributed by atoms with E-state index < -0.39 is 0 Å². The van der Waals surface area contributed by atoms with Gasteiger partial charge in [0.05, 0.1) is 16.7 Å². The Morgan fingerprint density at radius 1 is 0.537 bits per heavy atom. The molecule has 0 amide bonds. The summed E-state index contributed by atoms with van der Waals surface area (Å²) in [5.74, 6) is 0. The van der Waals surface area contributed by atoms with Crippen LogP contribution in [0.5, 0.6) is 0 Å². The Bertz CT molecular complexity index is 2880. The van der Waals surface area contributed by atoms with Crippen molar-refractivity contribution in [3.63, 3.8) is 0 Å². The summed E-state index contributed by atoms with van der Waals surface area (Å²) in [7, 11) is 0. The van der Waals surface area contributed by atoms with Gasteiger partial charge in [-0.15, -0.1) is 0 Å². The molecule has 2 nitrogen and oxygen atoms in total. The molecule has 1 aliphatic carbocycles. The molecule has 260 valence electrons. The summed E-state index contributed by atoms with van der Waals surface area (Å²) in [4.78, 5) is 2.44. The molecule has 0 saturated heterocycles. The van der Waals surface area contributed by atoms with Gasteiger partial charge in [0.2, 0.25) is 0 Å². The molecule has 0 N–H and O–H groups in total. The molecule has 0 saturated carbocycles. The van der Waals surface area contributed by atoms with Crippen LogP contribution in [0.4, 0.5) is 17.1 Å². The van der Waals surface area contributed by atoms with Gasteiger partial charge in [-0.2, -0.15) is 0 Å². The third-order valence-corrected chi connectivity index (χ3v) is 11.8. The third kappa shape index (κ3) is 4.87. The second-order valence-electron chi connectivity index (χ2n) is 15.3. The fourth-order valence-corrected chi connectivity index (χ4v) is 9.06. The number of aromatic nitrogens is 1. The summed E-state index contributed by atoms with van der Waals surface area (Å²) < 4.78 is 2.51. The normalized spacial score (nSPS) is 13.0. The zero-order valence-electron chi connectivity index (χ0n) is 31.3. The van der Waals surface area contributed by atoms with E-state index in [-0.39, 0.29) is 5.41 Å². The van der Waals surface area contributed by atoms with Gasteiger partial charge in [-0.25, -0.2) is 0 Å². The molecule has 0 atom stereocenters. The largest absolute Gasteiger partial charge is 0.310 e. The number of rotatable bonds is 6. The van der Waals surface area contributed by atoms with Gasteiger partial charge in [-0.05, 0) is 107 Å². The molecule has 10 rings (SSSR count).